The minimum absolute atomic E-state index is 0.484. The molecule has 4 nitrogen and oxygen atoms in total. The van der Waals surface area contributed by atoms with E-state index in [1.807, 2.05) is 30.5 Å². The largest absolute Gasteiger partial charge is 0.377 e. The van der Waals surface area contributed by atoms with Gasteiger partial charge in [-0.15, -0.1) is 5.10 Å². The third kappa shape index (κ3) is 6.52. The molecular weight excluding hydrogens is 352 g/mol. The summed E-state index contributed by atoms with van der Waals surface area (Å²) in [4.78, 5) is 2.53. The number of nitrogens with zero attached hydrogens (tertiary/aromatic N) is 3. The first kappa shape index (κ1) is 19.6. The topological polar surface area (TPSA) is 54.0 Å². The van der Waals surface area contributed by atoms with E-state index < -0.39 is 0 Å². The molecule has 0 unspecified atom stereocenters. The molecule has 1 saturated heterocycles. The second-order valence-corrected chi connectivity index (χ2v) is 8.11. The normalized spacial score (nSPS) is 16.9. The van der Waals surface area contributed by atoms with Crippen molar-refractivity contribution in [3.05, 3.63) is 71.3 Å². The average molecular weight is 381 g/mol. The fourth-order valence-corrected chi connectivity index (χ4v) is 3.79. The third-order valence-electron chi connectivity index (χ3n) is 4.91. The highest BCUT2D eigenvalue weighted by molar-refractivity contribution is 8.13. The summed E-state index contributed by atoms with van der Waals surface area (Å²) in [6, 6.07) is 18.6. The number of hydrogen-bond donors (Lipinski definition) is 1. The van der Waals surface area contributed by atoms with Gasteiger partial charge in [0.1, 0.15) is 0 Å². The van der Waals surface area contributed by atoms with Gasteiger partial charge in [0.15, 0.2) is 5.17 Å². The molecule has 0 saturated carbocycles. The van der Waals surface area contributed by atoms with Gasteiger partial charge in [-0.05, 0) is 48.5 Å². The zero-order chi connectivity index (χ0) is 18.9. The van der Waals surface area contributed by atoms with E-state index in [2.05, 4.69) is 52.4 Å². The number of rotatable bonds is 6. The molecule has 1 aliphatic heterocycles. The minimum atomic E-state index is 0.484. The lowest BCUT2D eigenvalue weighted by molar-refractivity contribution is 0.185. The van der Waals surface area contributed by atoms with Crippen LogP contribution in [0.4, 0.5) is 0 Å². The maximum absolute atomic E-state index is 5.98. The quantitative estimate of drug-likeness (QED) is 0.456. The zero-order valence-electron chi connectivity index (χ0n) is 15.9. The minimum Gasteiger partial charge on any atom is -0.377 e. The van der Waals surface area contributed by atoms with E-state index >= 15 is 0 Å². The maximum atomic E-state index is 5.98. The van der Waals surface area contributed by atoms with Crippen molar-refractivity contribution in [3.8, 4) is 0 Å². The molecule has 2 aromatic rings. The zero-order valence-corrected chi connectivity index (χ0v) is 16.7. The van der Waals surface area contributed by atoms with Crippen molar-refractivity contribution in [2.24, 2.45) is 21.9 Å². The van der Waals surface area contributed by atoms with Crippen molar-refractivity contribution in [1.29, 1.82) is 0 Å². The van der Waals surface area contributed by atoms with E-state index in [0.717, 1.165) is 23.8 Å². The number of likely N-dealkylation sites (tertiary alicyclic amines) is 1. The van der Waals surface area contributed by atoms with E-state index in [1.165, 1.54) is 48.8 Å². The highest BCUT2D eigenvalue weighted by Gasteiger charge is 2.16. The first-order chi connectivity index (χ1) is 13.2. The van der Waals surface area contributed by atoms with Crippen LogP contribution < -0.4 is 5.73 Å². The van der Waals surface area contributed by atoms with Crippen LogP contribution >= 0.6 is 11.8 Å². The van der Waals surface area contributed by atoms with Crippen molar-refractivity contribution >= 4 is 23.1 Å². The first-order valence-corrected chi connectivity index (χ1v) is 10.5. The number of amidine groups is 1. The fraction of sp³-hybridized carbons (Fsp3) is 0.364. The number of hydrogen-bond acceptors (Lipinski definition) is 4. The Morgan fingerprint density at radius 3 is 2.59 bits per heavy atom. The predicted octanol–water partition coefficient (Wildman–Crippen LogP) is 4.50. The van der Waals surface area contributed by atoms with Gasteiger partial charge in [0.2, 0.25) is 0 Å². The van der Waals surface area contributed by atoms with E-state index in [0.29, 0.717) is 5.17 Å². The SMILES string of the molecule is CC1CCN(Cc2ccccc2C=NN=C(N)SCc2ccccc2)CC1. The van der Waals surface area contributed by atoms with Crippen molar-refractivity contribution < 1.29 is 0 Å². The molecule has 0 radical (unpaired) electrons. The maximum Gasteiger partial charge on any atom is 0.180 e. The molecule has 2 N–H and O–H groups in total. The summed E-state index contributed by atoms with van der Waals surface area (Å²) in [7, 11) is 0. The summed E-state index contributed by atoms with van der Waals surface area (Å²) >= 11 is 1.50. The van der Waals surface area contributed by atoms with Crippen LogP contribution in [0.15, 0.2) is 64.8 Å². The molecule has 27 heavy (non-hydrogen) atoms. The lowest BCUT2D eigenvalue weighted by Crippen LogP contribution is -2.32. The Morgan fingerprint density at radius 2 is 1.81 bits per heavy atom. The summed E-state index contributed by atoms with van der Waals surface area (Å²) < 4.78 is 0. The van der Waals surface area contributed by atoms with Crippen LogP contribution in [0.25, 0.3) is 0 Å². The van der Waals surface area contributed by atoms with Gasteiger partial charge in [-0.3, -0.25) is 4.90 Å². The van der Waals surface area contributed by atoms with Crippen LogP contribution in [0.1, 0.15) is 36.5 Å². The molecule has 0 aliphatic carbocycles. The van der Waals surface area contributed by atoms with Gasteiger partial charge in [0, 0.05) is 12.3 Å². The molecule has 1 heterocycles. The van der Waals surface area contributed by atoms with Crippen LogP contribution in [-0.4, -0.2) is 29.4 Å². The van der Waals surface area contributed by atoms with Crippen LogP contribution in [0, 0.1) is 5.92 Å². The third-order valence-corrected chi connectivity index (χ3v) is 5.76. The van der Waals surface area contributed by atoms with Gasteiger partial charge in [-0.1, -0.05) is 73.3 Å². The van der Waals surface area contributed by atoms with Gasteiger partial charge in [0.25, 0.3) is 0 Å². The molecule has 0 aromatic heterocycles. The number of thioether (sulfide) groups is 1. The van der Waals surface area contributed by atoms with Crippen LogP contribution in [0.2, 0.25) is 0 Å². The number of nitrogens with two attached hydrogens (primary N) is 1. The van der Waals surface area contributed by atoms with Crippen LogP contribution in [0.3, 0.4) is 0 Å². The Balaban J connectivity index is 1.56. The van der Waals surface area contributed by atoms with Gasteiger partial charge in [-0.25, -0.2) is 0 Å². The van der Waals surface area contributed by atoms with Crippen LogP contribution in [-0.2, 0) is 12.3 Å². The van der Waals surface area contributed by atoms with E-state index in [9.17, 15) is 0 Å². The standard InChI is InChI=1S/C22H28N4S/c1-18-11-13-26(14-12-18)16-21-10-6-5-9-20(21)15-24-25-22(23)27-17-19-7-3-2-4-8-19/h2-10,15,18H,11-14,16-17H2,1H3,(H2,23,25). The molecule has 142 valence electrons. The summed E-state index contributed by atoms with van der Waals surface area (Å²) in [6.45, 7) is 5.66. The predicted molar refractivity (Wildman–Crippen MR) is 117 cm³/mol. The Kier molecular flexibility index (Phi) is 7.48. The monoisotopic (exact) mass is 380 g/mol. The molecule has 2 aromatic carbocycles. The van der Waals surface area contributed by atoms with Crippen molar-refractivity contribution in [1.82, 2.24) is 4.90 Å². The van der Waals surface area contributed by atoms with Crippen molar-refractivity contribution in [2.45, 2.75) is 32.1 Å². The second-order valence-electron chi connectivity index (χ2n) is 7.11. The molecule has 1 fully saturated rings. The van der Waals surface area contributed by atoms with Gasteiger partial charge >= 0.3 is 0 Å². The smallest absolute Gasteiger partial charge is 0.180 e. The molecule has 0 spiro atoms. The number of benzene rings is 2. The average Bonchev–Trinajstić information content (AvgIpc) is 2.70. The molecule has 5 heteroatoms. The van der Waals surface area contributed by atoms with E-state index in [1.54, 1.807) is 0 Å². The lowest BCUT2D eigenvalue weighted by Gasteiger charge is -2.30. The molecule has 0 bridgehead atoms. The van der Waals surface area contributed by atoms with Gasteiger partial charge < -0.3 is 5.73 Å². The second kappa shape index (κ2) is 10.3. The summed E-state index contributed by atoms with van der Waals surface area (Å²) in [5.41, 5.74) is 9.61. The van der Waals surface area contributed by atoms with E-state index in [-0.39, 0.29) is 0 Å². The molecule has 0 amide bonds. The molecule has 0 atom stereocenters. The summed E-state index contributed by atoms with van der Waals surface area (Å²) in [6.07, 6.45) is 4.39. The fourth-order valence-electron chi connectivity index (χ4n) is 3.17. The summed E-state index contributed by atoms with van der Waals surface area (Å²) in [5.74, 6) is 1.65. The molecule has 3 rings (SSSR count). The van der Waals surface area contributed by atoms with Crippen molar-refractivity contribution in [2.75, 3.05) is 13.1 Å². The lowest BCUT2D eigenvalue weighted by atomic mass is 9.98. The van der Waals surface area contributed by atoms with Gasteiger partial charge in [0.05, 0.1) is 6.21 Å². The molecular formula is C22H28N4S. The Bertz CT molecular complexity index is 765. The first-order valence-electron chi connectivity index (χ1n) is 9.54. The highest BCUT2D eigenvalue weighted by Crippen LogP contribution is 2.19. The van der Waals surface area contributed by atoms with Gasteiger partial charge in [-0.2, -0.15) is 5.10 Å². The number of piperidine rings is 1. The molecule has 1 aliphatic rings. The van der Waals surface area contributed by atoms with Crippen LogP contribution in [0.5, 0.6) is 0 Å². The summed E-state index contributed by atoms with van der Waals surface area (Å²) in [5, 5.41) is 8.85. The Hall–Kier alpha value is -2.11. The Morgan fingerprint density at radius 1 is 1.11 bits per heavy atom. The highest BCUT2D eigenvalue weighted by atomic mass is 32.2. The van der Waals surface area contributed by atoms with E-state index in [4.69, 9.17) is 5.73 Å². The Labute approximate surface area is 166 Å². The van der Waals surface area contributed by atoms with Crippen molar-refractivity contribution in [3.63, 3.8) is 0 Å².